The summed E-state index contributed by atoms with van der Waals surface area (Å²) in [7, 11) is -3.86. The molecular weight excluding hydrogens is 371 g/mol. The highest BCUT2D eigenvalue weighted by Gasteiger charge is 2.33. The highest BCUT2D eigenvalue weighted by Crippen LogP contribution is 2.25. The van der Waals surface area contributed by atoms with Crippen LogP contribution in [0.3, 0.4) is 0 Å². The minimum Gasteiger partial charge on any atom is -0.381 e. The number of nitrogens with zero attached hydrogens (tertiary/aromatic N) is 1. The van der Waals surface area contributed by atoms with E-state index in [1.807, 2.05) is 0 Å². The molecular formula is C19H29FN2O4S. The van der Waals surface area contributed by atoms with E-state index in [4.69, 9.17) is 4.74 Å². The molecule has 0 bridgehead atoms. The number of carbonyl (C=O) groups is 1. The molecule has 0 unspecified atom stereocenters. The van der Waals surface area contributed by atoms with Crippen molar-refractivity contribution in [2.75, 3.05) is 32.8 Å². The van der Waals surface area contributed by atoms with E-state index in [0.717, 1.165) is 31.9 Å². The Kier molecular flexibility index (Phi) is 8.66. The molecule has 0 radical (unpaired) electrons. The van der Waals surface area contributed by atoms with Crippen molar-refractivity contribution in [1.82, 2.24) is 9.62 Å². The van der Waals surface area contributed by atoms with E-state index in [1.54, 1.807) is 0 Å². The second kappa shape index (κ2) is 10.7. The van der Waals surface area contributed by atoms with Crippen LogP contribution in [0.1, 0.15) is 39.0 Å². The number of hydrogen-bond acceptors (Lipinski definition) is 4. The Morgan fingerprint density at radius 1 is 1.22 bits per heavy atom. The van der Waals surface area contributed by atoms with Gasteiger partial charge in [0.2, 0.25) is 15.9 Å². The van der Waals surface area contributed by atoms with Crippen molar-refractivity contribution in [3.05, 3.63) is 30.1 Å². The number of carbonyl (C=O) groups excluding carboxylic acids is 1. The van der Waals surface area contributed by atoms with Gasteiger partial charge in [0.15, 0.2) is 0 Å². The van der Waals surface area contributed by atoms with E-state index in [2.05, 4.69) is 12.2 Å². The summed E-state index contributed by atoms with van der Waals surface area (Å²) in [5.41, 5.74) is 0. The summed E-state index contributed by atoms with van der Waals surface area (Å²) in [6, 6.07) is 5.37. The summed E-state index contributed by atoms with van der Waals surface area (Å²) in [5.74, 6) is -1.01. The van der Waals surface area contributed by atoms with Gasteiger partial charge in [-0.25, -0.2) is 12.8 Å². The Balaban J connectivity index is 1.75. The third kappa shape index (κ3) is 6.26. The van der Waals surface area contributed by atoms with Crippen molar-refractivity contribution in [3.8, 4) is 0 Å². The first-order valence-corrected chi connectivity index (χ1v) is 11.0. The number of sulfonamides is 1. The third-order valence-electron chi connectivity index (χ3n) is 4.69. The zero-order chi connectivity index (χ0) is 19.7. The first-order chi connectivity index (χ1) is 13.0. The van der Waals surface area contributed by atoms with Crippen LogP contribution >= 0.6 is 0 Å². The molecule has 1 N–H and O–H groups in total. The quantitative estimate of drug-likeness (QED) is 0.613. The Morgan fingerprint density at radius 3 is 2.56 bits per heavy atom. The smallest absolute Gasteiger partial charge is 0.245 e. The summed E-state index contributed by atoms with van der Waals surface area (Å²) in [6.07, 6.45) is 3.78. The van der Waals surface area contributed by atoms with Crippen molar-refractivity contribution in [1.29, 1.82) is 0 Å². The fraction of sp³-hybridized carbons (Fsp3) is 0.632. The molecule has 0 atom stereocenters. The standard InChI is InChI=1S/C19H29FN2O4S/c1-2-3-14-26-15-6-11-21-19(23)16-9-12-22(13-10-16)27(24,25)18-8-5-4-7-17(18)20/h4-5,7-8,16H,2-3,6,9-15H2,1H3,(H,21,23). The zero-order valence-electron chi connectivity index (χ0n) is 15.8. The topological polar surface area (TPSA) is 75.7 Å². The minimum atomic E-state index is -3.86. The number of piperidine rings is 1. The summed E-state index contributed by atoms with van der Waals surface area (Å²) in [6.45, 7) is 4.47. The summed E-state index contributed by atoms with van der Waals surface area (Å²) in [5, 5.41) is 2.89. The molecule has 0 saturated carbocycles. The highest BCUT2D eigenvalue weighted by atomic mass is 32.2. The third-order valence-corrected chi connectivity index (χ3v) is 6.62. The maximum atomic E-state index is 13.8. The van der Waals surface area contributed by atoms with Crippen LogP contribution in [0.15, 0.2) is 29.2 Å². The number of rotatable bonds is 10. The minimum absolute atomic E-state index is 0.0495. The largest absolute Gasteiger partial charge is 0.381 e. The van der Waals surface area contributed by atoms with Gasteiger partial charge in [-0.15, -0.1) is 0 Å². The predicted octanol–water partition coefficient (Wildman–Crippen LogP) is 2.55. The maximum absolute atomic E-state index is 13.8. The Morgan fingerprint density at radius 2 is 1.89 bits per heavy atom. The molecule has 1 heterocycles. The molecule has 0 aromatic heterocycles. The molecule has 1 amide bonds. The number of unbranched alkanes of at least 4 members (excludes halogenated alkanes) is 1. The average Bonchev–Trinajstić information content (AvgIpc) is 2.67. The first-order valence-electron chi connectivity index (χ1n) is 9.57. The SMILES string of the molecule is CCCCOCCCNC(=O)C1CCN(S(=O)(=O)c2ccccc2F)CC1. The lowest BCUT2D eigenvalue weighted by molar-refractivity contribution is -0.126. The van der Waals surface area contributed by atoms with Crippen molar-refractivity contribution >= 4 is 15.9 Å². The Labute approximate surface area is 161 Å². The van der Waals surface area contributed by atoms with E-state index in [9.17, 15) is 17.6 Å². The monoisotopic (exact) mass is 400 g/mol. The van der Waals surface area contributed by atoms with E-state index in [0.29, 0.717) is 26.0 Å². The van der Waals surface area contributed by atoms with Gasteiger partial charge in [-0.2, -0.15) is 4.31 Å². The van der Waals surface area contributed by atoms with E-state index < -0.39 is 15.8 Å². The van der Waals surface area contributed by atoms with Gasteiger partial charge in [0, 0.05) is 38.8 Å². The number of amides is 1. The van der Waals surface area contributed by atoms with Crippen molar-refractivity contribution in [2.45, 2.75) is 43.9 Å². The lowest BCUT2D eigenvalue weighted by atomic mass is 9.97. The van der Waals surface area contributed by atoms with Gasteiger partial charge < -0.3 is 10.1 Å². The molecule has 1 fully saturated rings. The second-order valence-electron chi connectivity index (χ2n) is 6.72. The molecule has 1 aromatic rings. The van der Waals surface area contributed by atoms with Crippen LogP contribution in [-0.2, 0) is 19.6 Å². The van der Waals surface area contributed by atoms with Gasteiger partial charge in [0.05, 0.1) is 0 Å². The molecule has 2 rings (SSSR count). The van der Waals surface area contributed by atoms with Crippen molar-refractivity contribution in [2.24, 2.45) is 5.92 Å². The Hall–Kier alpha value is -1.51. The van der Waals surface area contributed by atoms with E-state index >= 15 is 0 Å². The van der Waals surface area contributed by atoms with Crippen LogP contribution in [0, 0.1) is 11.7 Å². The van der Waals surface area contributed by atoms with E-state index in [1.165, 1.54) is 22.5 Å². The van der Waals surface area contributed by atoms with Gasteiger partial charge in [0.25, 0.3) is 0 Å². The summed E-state index contributed by atoms with van der Waals surface area (Å²) >= 11 is 0. The number of ether oxygens (including phenoxy) is 1. The molecule has 152 valence electrons. The summed E-state index contributed by atoms with van der Waals surface area (Å²) in [4.78, 5) is 11.9. The molecule has 6 nitrogen and oxygen atoms in total. The number of nitrogens with one attached hydrogen (secondary N) is 1. The number of benzene rings is 1. The molecule has 27 heavy (non-hydrogen) atoms. The molecule has 1 aliphatic heterocycles. The van der Waals surface area contributed by atoms with Gasteiger partial charge in [-0.05, 0) is 37.8 Å². The highest BCUT2D eigenvalue weighted by molar-refractivity contribution is 7.89. The Bertz CT molecular complexity index is 703. The molecule has 1 aromatic carbocycles. The molecule has 1 aliphatic rings. The van der Waals surface area contributed by atoms with Crippen LogP contribution < -0.4 is 5.32 Å². The van der Waals surface area contributed by atoms with Gasteiger partial charge >= 0.3 is 0 Å². The summed E-state index contributed by atoms with van der Waals surface area (Å²) < 4.78 is 45.7. The molecule has 1 saturated heterocycles. The second-order valence-corrected chi connectivity index (χ2v) is 8.63. The lowest BCUT2D eigenvalue weighted by Crippen LogP contribution is -2.43. The fourth-order valence-corrected chi connectivity index (χ4v) is 4.56. The van der Waals surface area contributed by atoms with Gasteiger partial charge in [-0.3, -0.25) is 4.79 Å². The van der Waals surface area contributed by atoms with Crippen LogP contribution in [0.25, 0.3) is 0 Å². The first kappa shape index (κ1) is 21.8. The molecule has 8 heteroatoms. The predicted molar refractivity (Wildman–Crippen MR) is 101 cm³/mol. The maximum Gasteiger partial charge on any atom is 0.245 e. The van der Waals surface area contributed by atoms with Gasteiger partial charge in [-0.1, -0.05) is 25.5 Å². The fourth-order valence-electron chi connectivity index (χ4n) is 3.03. The van der Waals surface area contributed by atoms with Crippen molar-refractivity contribution in [3.63, 3.8) is 0 Å². The van der Waals surface area contributed by atoms with Crippen molar-refractivity contribution < 1.29 is 22.3 Å². The van der Waals surface area contributed by atoms with Crippen LogP contribution in [0.4, 0.5) is 4.39 Å². The van der Waals surface area contributed by atoms with Crippen LogP contribution in [0.2, 0.25) is 0 Å². The van der Waals surface area contributed by atoms with E-state index in [-0.39, 0.29) is 29.8 Å². The van der Waals surface area contributed by atoms with Gasteiger partial charge in [0.1, 0.15) is 10.7 Å². The lowest BCUT2D eigenvalue weighted by Gasteiger charge is -2.30. The van der Waals surface area contributed by atoms with Crippen LogP contribution in [0.5, 0.6) is 0 Å². The average molecular weight is 401 g/mol. The van der Waals surface area contributed by atoms with Crippen LogP contribution in [-0.4, -0.2) is 51.5 Å². The molecule has 0 aliphatic carbocycles. The number of halogens is 1. The number of hydrogen-bond donors (Lipinski definition) is 1. The molecule has 0 spiro atoms. The zero-order valence-corrected chi connectivity index (χ0v) is 16.6. The normalized spacial score (nSPS) is 16.4.